The van der Waals surface area contributed by atoms with Crippen LogP contribution in [-0.2, 0) is 14.9 Å². The number of ether oxygens (including phenoxy) is 2. The molecule has 0 aliphatic heterocycles. The molecule has 0 radical (unpaired) electrons. The van der Waals surface area contributed by atoms with Crippen molar-refractivity contribution in [1.29, 1.82) is 0 Å². The lowest BCUT2D eigenvalue weighted by Crippen LogP contribution is -2.23. The Morgan fingerprint density at radius 3 is 2.24 bits per heavy atom. The minimum atomic E-state index is -0.347. The Bertz CT molecular complexity index is 2160. The van der Waals surface area contributed by atoms with Gasteiger partial charge in [-0.05, 0) is 103 Å². The van der Waals surface area contributed by atoms with Crippen molar-refractivity contribution in [2.45, 2.75) is 51.9 Å². The van der Waals surface area contributed by atoms with Crippen LogP contribution in [0.25, 0.3) is 43.0 Å². The van der Waals surface area contributed by atoms with Crippen LogP contribution >= 0.6 is 11.3 Å². The number of nitrogens with one attached hydrogen (secondary N) is 1. The normalized spacial score (nSPS) is 12.7. The minimum absolute atomic E-state index is 0.0757. The third kappa shape index (κ3) is 6.44. The Balaban J connectivity index is 1.12. The van der Waals surface area contributed by atoms with Crippen LogP contribution in [0.5, 0.6) is 5.75 Å². The molecule has 0 saturated heterocycles. The smallest absolute Gasteiger partial charge is 0.333 e. The molecule has 1 heterocycles. The standard InChI is InChI=1S/C44H42N2O3S/c1-5-44(6-2)37-26-30(20-22-35(37)36-23-21-31(27-38(36)44)42-46-40-18-9-10-19-41(40)50-42)34-16-7-8-17-39(34)45-32-14-13-15-33(28-32)48-24-11-12-25-49-43(47)29(3)4/h7-10,13-23,26-28,45H,3,5-6,11-12,24-25H2,1-2,4H3. The zero-order valence-corrected chi connectivity index (χ0v) is 29.7. The van der Waals surface area contributed by atoms with Crippen molar-refractivity contribution in [1.82, 2.24) is 4.98 Å². The molecule has 6 aromatic rings. The van der Waals surface area contributed by atoms with E-state index in [1.807, 2.05) is 18.2 Å². The molecule has 5 aromatic carbocycles. The predicted molar refractivity (Wildman–Crippen MR) is 208 cm³/mol. The van der Waals surface area contributed by atoms with Crippen molar-refractivity contribution in [3.05, 3.63) is 132 Å². The number of para-hydroxylation sites is 2. The van der Waals surface area contributed by atoms with Gasteiger partial charge < -0.3 is 14.8 Å². The summed E-state index contributed by atoms with van der Waals surface area (Å²) in [7, 11) is 0. The first-order valence-electron chi connectivity index (χ1n) is 17.5. The third-order valence-electron chi connectivity index (χ3n) is 9.85. The van der Waals surface area contributed by atoms with E-state index in [4.69, 9.17) is 14.5 Å². The van der Waals surface area contributed by atoms with Crippen molar-refractivity contribution in [3.63, 3.8) is 0 Å². The van der Waals surface area contributed by atoms with Crippen molar-refractivity contribution >= 4 is 38.9 Å². The fraction of sp³-hybridized carbons (Fsp3) is 0.227. The number of hydrogen-bond donors (Lipinski definition) is 1. The van der Waals surface area contributed by atoms with Gasteiger partial charge in [0.2, 0.25) is 0 Å². The number of carbonyl (C=O) groups excluding carboxylic acids is 1. The molecular formula is C44H42N2O3S. The van der Waals surface area contributed by atoms with Gasteiger partial charge in [0.05, 0.1) is 23.4 Å². The monoisotopic (exact) mass is 678 g/mol. The summed E-state index contributed by atoms with van der Waals surface area (Å²) < 4.78 is 12.4. The molecule has 0 unspecified atom stereocenters. The molecule has 0 spiro atoms. The minimum Gasteiger partial charge on any atom is -0.494 e. The van der Waals surface area contributed by atoms with Crippen molar-refractivity contribution in [2.75, 3.05) is 18.5 Å². The number of thiazole rings is 1. The summed E-state index contributed by atoms with van der Waals surface area (Å²) in [5.74, 6) is 0.447. The van der Waals surface area contributed by atoms with Crippen molar-refractivity contribution in [2.24, 2.45) is 0 Å². The van der Waals surface area contributed by atoms with Gasteiger partial charge in [-0.15, -0.1) is 11.3 Å². The van der Waals surface area contributed by atoms with Crippen LogP contribution in [0.4, 0.5) is 11.4 Å². The molecular weight excluding hydrogens is 637 g/mol. The van der Waals surface area contributed by atoms with E-state index in [0.29, 0.717) is 18.8 Å². The molecule has 6 heteroatoms. The maximum atomic E-state index is 11.6. The van der Waals surface area contributed by atoms with Gasteiger partial charge >= 0.3 is 5.97 Å². The number of anilines is 2. The van der Waals surface area contributed by atoms with E-state index in [0.717, 1.165) is 58.9 Å². The lowest BCUT2D eigenvalue weighted by Gasteiger charge is -2.30. The van der Waals surface area contributed by atoms with Crippen LogP contribution < -0.4 is 10.1 Å². The maximum absolute atomic E-state index is 11.6. The highest BCUT2D eigenvalue weighted by Crippen LogP contribution is 2.54. The SMILES string of the molecule is C=C(C)C(=O)OCCCCOc1cccc(Nc2ccccc2-c2ccc3c(c2)C(CC)(CC)c2cc(-c4nc5ccccc5s4)ccc2-3)c1. The summed E-state index contributed by atoms with van der Waals surface area (Å²) in [4.78, 5) is 16.6. The number of nitrogens with zero attached hydrogens (tertiary/aromatic N) is 1. The molecule has 1 N–H and O–H groups in total. The molecule has 7 rings (SSSR count). The van der Waals surface area contributed by atoms with Gasteiger partial charge in [-0.3, -0.25) is 0 Å². The van der Waals surface area contributed by atoms with E-state index < -0.39 is 0 Å². The lowest BCUT2D eigenvalue weighted by molar-refractivity contribution is -0.139. The molecule has 0 amide bonds. The highest BCUT2D eigenvalue weighted by Gasteiger charge is 2.41. The number of fused-ring (bicyclic) bond motifs is 4. The van der Waals surface area contributed by atoms with Crippen molar-refractivity contribution in [3.8, 4) is 38.6 Å². The molecule has 252 valence electrons. The molecule has 0 atom stereocenters. The molecule has 0 saturated carbocycles. The van der Waals surface area contributed by atoms with Gasteiger partial charge in [-0.2, -0.15) is 0 Å². The van der Waals surface area contributed by atoms with E-state index in [1.165, 1.54) is 38.1 Å². The van der Waals surface area contributed by atoms with Gasteiger partial charge in [0.25, 0.3) is 0 Å². The second-order valence-corrected chi connectivity index (χ2v) is 14.0. The predicted octanol–water partition coefficient (Wildman–Crippen LogP) is 11.7. The Labute approximate surface area is 298 Å². The largest absolute Gasteiger partial charge is 0.494 e. The first-order chi connectivity index (χ1) is 24.4. The molecule has 1 aromatic heterocycles. The van der Waals surface area contributed by atoms with Crippen LogP contribution in [0.1, 0.15) is 57.6 Å². The summed E-state index contributed by atoms with van der Waals surface area (Å²) in [6, 6.07) is 38.9. The van der Waals surface area contributed by atoms with Crippen LogP contribution in [0.3, 0.4) is 0 Å². The number of rotatable bonds is 13. The van der Waals surface area contributed by atoms with Crippen molar-refractivity contribution < 1.29 is 14.3 Å². The van der Waals surface area contributed by atoms with Gasteiger partial charge in [0.15, 0.2) is 0 Å². The van der Waals surface area contributed by atoms with Crippen LogP contribution in [-0.4, -0.2) is 24.2 Å². The topological polar surface area (TPSA) is 60.5 Å². The summed E-state index contributed by atoms with van der Waals surface area (Å²) in [5.41, 5.74) is 12.4. The number of unbranched alkanes of at least 4 members (excludes halogenated alkanes) is 1. The maximum Gasteiger partial charge on any atom is 0.333 e. The van der Waals surface area contributed by atoms with Gasteiger partial charge in [-0.1, -0.05) is 81.1 Å². The van der Waals surface area contributed by atoms with Crippen LogP contribution in [0, 0.1) is 0 Å². The summed E-state index contributed by atoms with van der Waals surface area (Å²) in [6.07, 6.45) is 3.55. The second-order valence-electron chi connectivity index (χ2n) is 13.0. The average molecular weight is 679 g/mol. The molecule has 0 bridgehead atoms. The Kier molecular flexibility index (Phi) is 9.55. The zero-order valence-electron chi connectivity index (χ0n) is 28.9. The molecule has 1 aliphatic carbocycles. The molecule has 0 fully saturated rings. The quantitative estimate of drug-likeness (QED) is 0.0748. The van der Waals surface area contributed by atoms with E-state index in [9.17, 15) is 4.79 Å². The first kappa shape index (κ1) is 33.3. The molecule has 5 nitrogen and oxygen atoms in total. The highest BCUT2D eigenvalue weighted by molar-refractivity contribution is 7.21. The first-order valence-corrected chi connectivity index (χ1v) is 18.3. The third-order valence-corrected chi connectivity index (χ3v) is 10.9. The van der Waals surface area contributed by atoms with E-state index in [-0.39, 0.29) is 11.4 Å². The average Bonchev–Trinajstić information content (AvgIpc) is 3.70. The number of hydrogen-bond acceptors (Lipinski definition) is 6. The molecule has 50 heavy (non-hydrogen) atoms. The van der Waals surface area contributed by atoms with E-state index in [1.54, 1.807) is 18.3 Å². The zero-order chi connectivity index (χ0) is 34.7. The highest BCUT2D eigenvalue weighted by atomic mass is 32.1. The summed E-state index contributed by atoms with van der Waals surface area (Å²) in [5, 5.41) is 4.74. The Morgan fingerprint density at radius 1 is 0.780 bits per heavy atom. The van der Waals surface area contributed by atoms with Crippen LogP contribution in [0.15, 0.2) is 121 Å². The van der Waals surface area contributed by atoms with Gasteiger partial charge in [0.1, 0.15) is 10.8 Å². The summed E-state index contributed by atoms with van der Waals surface area (Å²) in [6.45, 7) is 10.8. The number of esters is 1. The van der Waals surface area contributed by atoms with Crippen LogP contribution in [0.2, 0.25) is 0 Å². The van der Waals surface area contributed by atoms with E-state index >= 15 is 0 Å². The lowest BCUT2D eigenvalue weighted by atomic mass is 9.73. The second kappa shape index (κ2) is 14.3. The summed E-state index contributed by atoms with van der Waals surface area (Å²) >= 11 is 1.76. The van der Waals surface area contributed by atoms with Gasteiger partial charge in [-0.25, -0.2) is 9.78 Å². The van der Waals surface area contributed by atoms with Gasteiger partial charge in [0, 0.05) is 39.6 Å². The fourth-order valence-electron chi connectivity index (χ4n) is 7.15. The Morgan fingerprint density at radius 2 is 1.48 bits per heavy atom. The molecule has 1 aliphatic rings. The Hall–Kier alpha value is -5.20. The van der Waals surface area contributed by atoms with E-state index in [2.05, 4.69) is 117 Å². The fourth-order valence-corrected chi connectivity index (χ4v) is 8.11. The number of aromatic nitrogens is 1. The number of benzene rings is 5. The number of carbonyl (C=O) groups is 1.